The summed E-state index contributed by atoms with van der Waals surface area (Å²) in [6, 6.07) is 10.4. The molecule has 0 aliphatic carbocycles. The van der Waals surface area contributed by atoms with Crippen LogP contribution in [-0.4, -0.2) is 20.9 Å². The minimum Gasteiger partial charge on any atom is -0.400 e. The molecule has 0 saturated carbocycles. The number of rotatable bonds is 3. The standard InChI is InChI=1S/C10H16OSi/c1-10(2,12-8-11)9-6-4-3-5-7-9/h3-7,11H,8,12H2,1-2H3. The molecule has 0 aliphatic rings. The molecule has 2 heteroatoms. The Hall–Kier alpha value is -0.603. The zero-order valence-electron chi connectivity index (χ0n) is 7.75. The molecule has 0 spiro atoms. The van der Waals surface area contributed by atoms with Crippen molar-refractivity contribution in [2.75, 3.05) is 6.23 Å². The van der Waals surface area contributed by atoms with E-state index in [9.17, 15) is 0 Å². The highest BCUT2D eigenvalue weighted by Gasteiger charge is 2.19. The summed E-state index contributed by atoms with van der Waals surface area (Å²) in [6.07, 6.45) is 0.391. The molecule has 0 aliphatic heterocycles. The van der Waals surface area contributed by atoms with Crippen molar-refractivity contribution in [2.45, 2.75) is 18.9 Å². The monoisotopic (exact) mass is 180 g/mol. The van der Waals surface area contributed by atoms with Crippen LogP contribution in [0.3, 0.4) is 0 Å². The molecule has 1 rings (SSSR count). The molecule has 0 amide bonds. The fourth-order valence-electron chi connectivity index (χ4n) is 1.31. The van der Waals surface area contributed by atoms with Crippen LogP contribution < -0.4 is 0 Å². The normalized spacial score (nSPS) is 12.6. The highest BCUT2D eigenvalue weighted by atomic mass is 28.2. The van der Waals surface area contributed by atoms with Gasteiger partial charge in [0, 0.05) is 6.23 Å². The van der Waals surface area contributed by atoms with Crippen LogP contribution in [0.25, 0.3) is 0 Å². The molecule has 1 nitrogen and oxygen atoms in total. The van der Waals surface area contributed by atoms with Crippen molar-refractivity contribution >= 4 is 9.52 Å². The van der Waals surface area contributed by atoms with E-state index in [2.05, 4.69) is 38.1 Å². The predicted octanol–water partition coefficient (Wildman–Crippen LogP) is 1.04. The lowest BCUT2D eigenvalue weighted by Gasteiger charge is -2.23. The fraction of sp³-hybridized carbons (Fsp3) is 0.400. The van der Waals surface area contributed by atoms with Crippen LogP contribution >= 0.6 is 0 Å². The maximum atomic E-state index is 8.92. The second-order valence-electron chi connectivity index (χ2n) is 3.72. The third-order valence-electron chi connectivity index (χ3n) is 2.29. The first-order valence-electron chi connectivity index (χ1n) is 4.33. The first-order chi connectivity index (χ1) is 5.67. The predicted molar refractivity (Wildman–Crippen MR) is 55.1 cm³/mol. The van der Waals surface area contributed by atoms with E-state index in [1.54, 1.807) is 0 Å². The Morgan fingerprint density at radius 2 is 1.83 bits per heavy atom. The lowest BCUT2D eigenvalue weighted by molar-refractivity contribution is 0.361. The molecular formula is C10H16OSi. The van der Waals surface area contributed by atoms with Gasteiger partial charge in [0.15, 0.2) is 0 Å². The van der Waals surface area contributed by atoms with Crippen molar-refractivity contribution in [1.82, 2.24) is 0 Å². The summed E-state index contributed by atoms with van der Waals surface area (Å²) in [5, 5.41) is 9.16. The van der Waals surface area contributed by atoms with Crippen LogP contribution in [0.15, 0.2) is 30.3 Å². The first-order valence-corrected chi connectivity index (χ1v) is 6.04. The third-order valence-corrected chi connectivity index (χ3v) is 4.17. The van der Waals surface area contributed by atoms with Gasteiger partial charge in [0.25, 0.3) is 0 Å². The van der Waals surface area contributed by atoms with Crippen LogP contribution in [0.5, 0.6) is 0 Å². The molecule has 0 bridgehead atoms. The van der Waals surface area contributed by atoms with Gasteiger partial charge in [-0.25, -0.2) is 0 Å². The SMILES string of the molecule is CC(C)([SiH2]CO)c1ccccc1. The van der Waals surface area contributed by atoms with Crippen LogP contribution in [0.1, 0.15) is 19.4 Å². The van der Waals surface area contributed by atoms with Gasteiger partial charge < -0.3 is 5.11 Å². The molecule has 0 fully saturated rings. The van der Waals surface area contributed by atoms with Gasteiger partial charge in [-0.05, 0) is 10.6 Å². The lowest BCUT2D eigenvalue weighted by atomic mass is 10.0. The van der Waals surface area contributed by atoms with Gasteiger partial charge in [0.1, 0.15) is 0 Å². The molecule has 0 aromatic heterocycles. The highest BCUT2D eigenvalue weighted by molar-refractivity contribution is 6.39. The topological polar surface area (TPSA) is 20.2 Å². The van der Waals surface area contributed by atoms with E-state index >= 15 is 0 Å². The van der Waals surface area contributed by atoms with Crippen molar-refractivity contribution < 1.29 is 5.11 Å². The van der Waals surface area contributed by atoms with E-state index < -0.39 is 9.52 Å². The second kappa shape index (κ2) is 3.87. The molecule has 1 N–H and O–H groups in total. The van der Waals surface area contributed by atoms with Gasteiger partial charge in [0.05, 0.1) is 9.52 Å². The molecular weight excluding hydrogens is 164 g/mol. The van der Waals surface area contributed by atoms with Gasteiger partial charge >= 0.3 is 0 Å². The summed E-state index contributed by atoms with van der Waals surface area (Å²) >= 11 is 0. The van der Waals surface area contributed by atoms with Crippen molar-refractivity contribution in [3.63, 3.8) is 0 Å². The molecule has 0 atom stereocenters. The second-order valence-corrected chi connectivity index (χ2v) is 6.44. The highest BCUT2D eigenvalue weighted by Crippen LogP contribution is 2.20. The quantitative estimate of drug-likeness (QED) is 0.689. The van der Waals surface area contributed by atoms with Crippen molar-refractivity contribution in [1.29, 1.82) is 0 Å². The fourth-order valence-corrected chi connectivity index (χ4v) is 2.40. The van der Waals surface area contributed by atoms with Gasteiger partial charge in [0.2, 0.25) is 0 Å². The van der Waals surface area contributed by atoms with E-state index in [4.69, 9.17) is 5.11 Å². The molecule has 0 saturated heterocycles. The van der Waals surface area contributed by atoms with Crippen LogP contribution in [-0.2, 0) is 5.04 Å². The Kier molecular flexibility index (Phi) is 3.06. The van der Waals surface area contributed by atoms with Crippen molar-refractivity contribution in [2.24, 2.45) is 0 Å². The number of aliphatic hydroxyl groups excluding tert-OH is 1. The Morgan fingerprint density at radius 3 is 2.33 bits per heavy atom. The summed E-state index contributed by atoms with van der Waals surface area (Å²) in [4.78, 5) is 0. The number of hydrogen-bond donors (Lipinski definition) is 1. The van der Waals surface area contributed by atoms with E-state index in [1.807, 2.05) is 6.07 Å². The average Bonchev–Trinajstić information content (AvgIpc) is 2.06. The van der Waals surface area contributed by atoms with E-state index in [-0.39, 0.29) is 5.04 Å². The van der Waals surface area contributed by atoms with Crippen LogP contribution in [0.4, 0.5) is 0 Å². The zero-order chi connectivity index (χ0) is 9.03. The summed E-state index contributed by atoms with van der Waals surface area (Å²) in [5.41, 5.74) is 1.35. The molecule has 66 valence electrons. The minimum atomic E-state index is -0.393. The smallest absolute Gasteiger partial charge is 0.0625 e. The number of aliphatic hydroxyl groups is 1. The number of hydrogen-bond acceptors (Lipinski definition) is 1. The molecule has 12 heavy (non-hydrogen) atoms. The van der Waals surface area contributed by atoms with E-state index in [0.717, 1.165) is 0 Å². The first kappa shape index (κ1) is 9.48. The summed E-state index contributed by atoms with van der Waals surface area (Å²) in [7, 11) is -0.393. The van der Waals surface area contributed by atoms with Gasteiger partial charge in [-0.15, -0.1) is 0 Å². The largest absolute Gasteiger partial charge is 0.400 e. The molecule has 0 unspecified atom stereocenters. The maximum Gasteiger partial charge on any atom is 0.0625 e. The third kappa shape index (κ3) is 2.19. The van der Waals surface area contributed by atoms with Crippen molar-refractivity contribution in [3.8, 4) is 0 Å². The molecule has 1 aromatic carbocycles. The Labute approximate surface area is 76.3 Å². The Bertz CT molecular complexity index is 231. The molecule has 0 radical (unpaired) electrons. The number of benzene rings is 1. The maximum absolute atomic E-state index is 8.92. The minimum absolute atomic E-state index is 0.232. The van der Waals surface area contributed by atoms with Crippen LogP contribution in [0.2, 0.25) is 0 Å². The van der Waals surface area contributed by atoms with Gasteiger partial charge in [-0.1, -0.05) is 44.2 Å². The lowest BCUT2D eigenvalue weighted by Crippen LogP contribution is -2.28. The molecule has 1 aromatic rings. The Balaban J connectivity index is 2.82. The van der Waals surface area contributed by atoms with Gasteiger partial charge in [-0.3, -0.25) is 0 Å². The van der Waals surface area contributed by atoms with Gasteiger partial charge in [-0.2, -0.15) is 0 Å². The summed E-state index contributed by atoms with van der Waals surface area (Å²) in [6.45, 7) is 4.43. The van der Waals surface area contributed by atoms with E-state index in [1.165, 1.54) is 5.56 Å². The van der Waals surface area contributed by atoms with E-state index in [0.29, 0.717) is 6.23 Å². The molecule has 0 heterocycles. The van der Waals surface area contributed by atoms with Crippen molar-refractivity contribution in [3.05, 3.63) is 35.9 Å². The Morgan fingerprint density at radius 1 is 1.25 bits per heavy atom. The summed E-state index contributed by atoms with van der Waals surface area (Å²) in [5.74, 6) is 0. The summed E-state index contributed by atoms with van der Waals surface area (Å²) < 4.78 is 0. The average molecular weight is 180 g/mol. The van der Waals surface area contributed by atoms with Crippen LogP contribution in [0, 0.1) is 0 Å². The zero-order valence-corrected chi connectivity index (χ0v) is 9.16.